The summed E-state index contributed by atoms with van der Waals surface area (Å²) in [5, 5.41) is 11.9. The van der Waals surface area contributed by atoms with Crippen molar-refractivity contribution in [2.45, 2.75) is 57.3 Å². The zero-order chi connectivity index (χ0) is 28.9. The Morgan fingerprint density at radius 1 is 1.07 bits per heavy atom. The second-order valence-corrected chi connectivity index (χ2v) is 12.9. The maximum absolute atomic E-state index is 14.3. The predicted molar refractivity (Wildman–Crippen MR) is 160 cm³/mol. The minimum Gasteiger partial charge on any atom is -0.347 e. The van der Waals surface area contributed by atoms with E-state index in [1.165, 1.54) is 21.6 Å². The molecule has 1 fully saturated rings. The molecule has 40 heavy (non-hydrogen) atoms. The van der Waals surface area contributed by atoms with E-state index in [9.17, 15) is 14.9 Å². The largest absolute Gasteiger partial charge is 0.347 e. The van der Waals surface area contributed by atoms with Gasteiger partial charge < -0.3 is 14.7 Å². The Hall–Kier alpha value is -2.99. The number of allylic oxidation sites excluding steroid dienone is 1. The number of amidine groups is 1. The summed E-state index contributed by atoms with van der Waals surface area (Å²) in [6.07, 6.45) is 0.927. The number of nitriles is 1. The minimum atomic E-state index is -0.679. The summed E-state index contributed by atoms with van der Waals surface area (Å²) in [6.45, 7) is 6.20. The summed E-state index contributed by atoms with van der Waals surface area (Å²) < 4.78 is 0. The monoisotopic (exact) mass is 595 g/mol. The quantitative estimate of drug-likeness (QED) is 0.410. The van der Waals surface area contributed by atoms with Crippen LogP contribution in [-0.2, 0) is 15.1 Å². The smallest absolute Gasteiger partial charge is 0.264 e. The number of carbonyl (C=O) groups excluding carboxylic acids is 2. The lowest BCUT2D eigenvalue weighted by Crippen LogP contribution is -2.48. The van der Waals surface area contributed by atoms with Gasteiger partial charge in [-0.2, -0.15) is 5.26 Å². The molecule has 2 aromatic carbocycles. The molecule has 4 atom stereocenters. The second kappa shape index (κ2) is 10.8. The summed E-state index contributed by atoms with van der Waals surface area (Å²) in [4.78, 5) is 38.2. The highest BCUT2D eigenvalue weighted by Gasteiger charge is 2.54. The number of benzene rings is 2. The van der Waals surface area contributed by atoms with E-state index in [0.29, 0.717) is 33.0 Å². The number of likely N-dealkylation sites (N-methyl/N-ethyl adjacent to an activating group) is 1. The highest BCUT2D eigenvalue weighted by atomic mass is 35.5. The zero-order valence-electron chi connectivity index (χ0n) is 23.1. The van der Waals surface area contributed by atoms with Gasteiger partial charge in [-0.1, -0.05) is 61.3 Å². The number of thioether (sulfide) groups is 1. The number of likely N-dealkylation sites (tertiary alicyclic amines) is 1. The molecule has 0 unspecified atom stereocenters. The van der Waals surface area contributed by atoms with E-state index < -0.39 is 17.6 Å². The van der Waals surface area contributed by atoms with Gasteiger partial charge in [-0.3, -0.25) is 9.59 Å². The maximum Gasteiger partial charge on any atom is 0.264 e. The number of carbonyl (C=O) groups is 2. The van der Waals surface area contributed by atoms with Crippen LogP contribution in [0.5, 0.6) is 0 Å². The minimum absolute atomic E-state index is 0.0346. The molecule has 208 valence electrons. The van der Waals surface area contributed by atoms with Crippen molar-refractivity contribution in [3.63, 3.8) is 0 Å². The Balaban J connectivity index is 1.63. The van der Waals surface area contributed by atoms with Gasteiger partial charge in [0.2, 0.25) is 5.91 Å². The van der Waals surface area contributed by atoms with Crippen LogP contribution in [-0.4, -0.2) is 57.9 Å². The predicted octanol–water partition coefficient (Wildman–Crippen LogP) is 6.21. The van der Waals surface area contributed by atoms with Crippen molar-refractivity contribution in [2.75, 3.05) is 14.1 Å². The molecule has 3 heterocycles. The molecule has 2 aromatic rings. The van der Waals surface area contributed by atoms with E-state index in [1.54, 1.807) is 14.1 Å². The van der Waals surface area contributed by atoms with Gasteiger partial charge in [0.1, 0.15) is 22.5 Å². The van der Waals surface area contributed by atoms with Crippen molar-refractivity contribution < 1.29 is 9.59 Å². The third-order valence-corrected chi connectivity index (χ3v) is 9.42. The van der Waals surface area contributed by atoms with E-state index in [-0.39, 0.29) is 23.8 Å². The Labute approximate surface area is 249 Å². The first-order chi connectivity index (χ1) is 19.0. The fourth-order valence-electron chi connectivity index (χ4n) is 5.94. The van der Waals surface area contributed by atoms with Crippen LogP contribution < -0.4 is 0 Å². The fraction of sp³-hybridized carbons (Fsp3) is 0.400. The van der Waals surface area contributed by atoms with E-state index in [4.69, 9.17) is 28.2 Å². The molecule has 0 radical (unpaired) electrons. The van der Waals surface area contributed by atoms with Gasteiger partial charge in [-0.15, -0.1) is 0 Å². The topological polar surface area (TPSA) is 80.0 Å². The molecule has 7 nitrogen and oxygen atoms in total. The molecule has 3 aliphatic heterocycles. The molecule has 1 saturated heterocycles. The van der Waals surface area contributed by atoms with E-state index in [2.05, 4.69) is 31.7 Å². The lowest BCUT2D eigenvalue weighted by atomic mass is 9.81. The summed E-state index contributed by atoms with van der Waals surface area (Å²) in [7, 11) is 3.35. The van der Waals surface area contributed by atoms with Gasteiger partial charge in [-0.25, -0.2) is 4.99 Å². The molecule has 0 bridgehead atoms. The Kier molecular flexibility index (Phi) is 7.68. The molecule has 0 N–H and O–H groups in total. The fourth-order valence-corrected chi connectivity index (χ4v) is 7.55. The normalized spacial score (nSPS) is 25.8. The van der Waals surface area contributed by atoms with Crippen LogP contribution in [0.4, 0.5) is 0 Å². The summed E-state index contributed by atoms with van der Waals surface area (Å²) in [5.41, 5.74) is 2.16. The van der Waals surface area contributed by atoms with Crippen molar-refractivity contribution >= 4 is 51.9 Å². The van der Waals surface area contributed by atoms with Crippen molar-refractivity contribution in [2.24, 2.45) is 10.9 Å². The van der Waals surface area contributed by atoms with Crippen LogP contribution in [0, 0.1) is 17.2 Å². The van der Waals surface area contributed by atoms with E-state index >= 15 is 0 Å². The van der Waals surface area contributed by atoms with Gasteiger partial charge in [0.25, 0.3) is 5.91 Å². The molecule has 0 spiro atoms. The average molecular weight is 597 g/mol. The SMILES string of the molecule is CC(C)C1=C(C(=O)N2[C@H](C#N)CC[C@H]2C(=O)N(C)C)SC2=N[C@@](C)(c3ccc(Cl)cc3)[C@@H](c3ccc(Cl)cc3)N21. The number of aliphatic imine (C=N–C) groups is 1. The standard InChI is InChI=1S/C30H31Cl2N5O2S/c1-17(2)24-25(28(39)36-22(16-33)14-15-23(36)27(38)35(4)5)40-29-34-30(3,19-8-12-21(32)13-9-19)26(37(24)29)18-6-10-20(31)11-7-18/h6-13,17,22-23,26H,14-15H2,1-5H3/t22-,23-,26+,30-/m0/s1. The number of hydrogen-bond donors (Lipinski definition) is 0. The number of amides is 2. The van der Waals surface area contributed by atoms with Crippen molar-refractivity contribution in [1.29, 1.82) is 5.26 Å². The molecule has 0 aliphatic carbocycles. The molecule has 3 aliphatic rings. The number of hydrogen-bond acceptors (Lipinski definition) is 6. The summed E-state index contributed by atoms with van der Waals surface area (Å²) in [5.74, 6) is -0.501. The molecular weight excluding hydrogens is 565 g/mol. The summed E-state index contributed by atoms with van der Waals surface area (Å²) >= 11 is 13.8. The number of fused-ring (bicyclic) bond motifs is 1. The Morgan fingerprint density at radius 2 is 1.68 bits per heavy atom. The van der Waals surface area contributed by atoms with Gasteiger partial charge in [0.15, 0.2) is 5.17 Å². The molecule has 2 amide bonds. The molecule has 5 rings (SSSR count). The highest BCUT2D eigenvalue weighted by Crippen LogP contribution is 2.56. The van der Waals surface area contributed by atoms with Gasteiger partial charge in [0.05, 0.1) is 12.1 Å². The third-order valence-electron chi connectivity index (χ3n) is 7.86. The van der Waals surface area contributed by atoms with Gasteiger partial charge in [0, 0.05) is 29.8 Å². The van der Waals surface area contributed by atoms with Crippen molar-refractivity contribution in [3.05, 3.63) is 80.3 Å². The number of nitrogens with zero attached hydrogens (tertiary/aromatic N) is 5. The van der Waals surface area contributed by atoms with E-state index in [0.717, 1.165) is 16.8 Å². The Bertz CT molecular complexity index is 1450. The van der Waals surface area contributed by atoms with Gasteiger partial charge in [-0.05, 0) is 72.8 Å². The van der Waals surface area contributed by atoms with Crippen LogP contribution in [0.15, 0.2) is 64.1 Å². The Morgan fingerprint density at radius 3 is 2.23 bits per heavy atom. The first kappa shape index (κ1) is 28.5. The first-order valence-corrected chi connectivity index (χ1v) is 14.8. The van der Waals surface area contributed by atoms with Crippen LogP contribution in [0.1, 0.15) is 50.8 Å². The highest BCUT2D eigenvalue weighted by molar-refractivity contribution is 8.18. The average Bonchev–Trinajstić information content (AvgIpc) is 3.58. The van der Waals surface area contributed by atoms with Crippen LogP contribution in [0.25, 0.3) is 0 Å². The van der Waals surface area contributed by atoms with Gasteiger partial charge >= 0.3 is 0 Å². The van der Waals surface area contributed by atoms with Crippen LogP contribution in [0.2, 0.25) is 10.0 Å². The zero-order valence-corrected chi connectivity index (χ0v) is 25.4. The maximum atomic E-state index is 14.3. The lowest BCUT2D eigenvalue weighted by molar-refractivity contribution is -0.140. The first-order valence-electron chi connectivity index (χ1n) is 13.2. The molecule has 0 saturated carbocycles. The van der Waals surface area contributed by atoms with Crippen molar-refractivity contribution in [1.82, 2.24) is 14.7 Å². The number of rotatable bonds is 5. The second-order valence-electron chi connectivity index (χ2n) is 11.0. The van der Waals surface area contributed by atoms with Crippen LogP contribution in [0.3, 0.4) is 0 Å². The molecule has 0 aromatic heterocycles. The third kappa shape index (κ3) is 4.68. The van der Waals surface area contributed by atoms with Crippen molar-refractivity contribution in [3.8, 4) is 6.07 Å². The molecule has 10 heteroatoms. The summed E-state index contributed by atoms with van der Waals surface area (Å²) in [6, 6.07) is 16.1. The van der Waals surface area contributed by atoms with E-state index in [1.807, 2.05) is 48.5 Å². The lowest BCUT2D eigenvalue weighted by Gasteiger charge is -2.37. The van der Waals surface area contributed by atoms with Crippen LogP contribution >= 0.6 is 35.0 Å². The number of halogens is 2. The molecular formula is C30H31Cl2N5O2S.